The monoisotopic (exact) mass is 296 g/mol. The lowest BCUT2D eigenvalue weighted by Crippen LogP contribution is -2.38. The van der Waals surface area contributed by atoms with Gasteiger partial charge in [0.2, 0.25) is 0 Å². The number of nitrogens with zero attached hydrogens (tertiary/aromatic N) is 2. The van der Waals surface area contributed by atoms with Crippen LogP contribution in [0.3, 0.4) is 0 Å². The molecule has 0 spiro atoms. The molecule has 1 saturated heterocycles. The summed E-state index contributed by atoms with van der Waals surface area (Å²) in [6.45, 7) is 5.37. The van der Waals surface area contributed by atoms with Gasteiger partial charge in [-0.15, -0.1) is 0 Å². The summed E-state index contributed by atoms with van der Waals surface area (Å²) in [5.41, 5.74) is 1.20. The topological polar surface area (TPSA) is 26.7 Å². The van der Waals surface area contributed by atoms with Gasteiger partial charge in [0.25, 0.3) is 0 Å². The largest absolute Gasteiger partial charge is 0.395 e. The van der Waals surface area contributed by atoms with Crippen LogP contribution in [0, 0.1) is 5.92 Å². The molecule has 4 heteroatoms. The number of hydrogen-bond donors (Lipinski definition) is 1. The van der Waals surface area contributed by atoms with Gasteiger partial charge in [0, 0.05) is 24.7 Å². The van der Waals surface area contributed by atoms with Gasteiger partial charge in [-0.1, -0.05) is 29.8 Å². The van der Waals surface area contributed by atoms with Crippen molar-refractivity contribution in [1.29, 1.82) is 0 Å². The first-order valence-electron chi connectivity index (χ1n) is 7.44. The van der Waals surface area contributed by atoms with Gasteiger partial charge < -0.3 is 14.9 Å². The van der Waals surface area contributed by atoms with Crippen LogP contribution in [-0.2, 0) is 6.54 Å². The first kappa shape index (κ1) is 15.8. The van der Waals surface area contributed by atoms with E-state index < -0.39 is 0 Å². The van der Waals surface area contributed by atoms with Crippen molar-refractivity contribution in [3.05, 3.63) is 34.9 Å². The Morgan fingerprint density at radius 2 is 2.00 bits per heavy atom. The molecule has 1 N–H and O–H groups in total. The van der Waals surface area contributed by atoms with E-state index in [1.807, 2.05) is 18.2 Å². The molecule has 1 fully saturated rings. The highest BCUT2D eigenvalue weighted by Crippen LogP contribution is 2.20. The van der Waals surface area contributed by atoms with Crippen molar-refractivity contribution in [1.82, 2.24) is 9.80 Å². The van der Waals surface area contributed by atoms with Gasteiger partial charge in [0.15, 0.2) is 0 Å². The third kappa shape index (κ3) is 4.74. The average molecular weight is 297 g/mol. The van der Waals surface area contributed by atoms with Crippen molar-refractivity contribution in [2.45, 2.75) is 19.4 Å². The second kappa shape index (κ2) is 7.99. The van der Waals surface area contributed by atoms with E-state index in [-0.39, 0.29) is 6.61 Å². The minimum absolute atomic E-state index is 0.275. The minimum Gasteiger partial charge on any atom is -0.395 e. The molecule has 0 amide bonds. The molecule has 0 atom stereocenters. The van der Waals surface area contributed by atoms with Crippen LogP contribution >= 0.6 is 11.6 Å². The summed E-state index contributed by atoms with van der Waals surface area (Å²) in [6, 6.07) is 8.08. The second-order valence-corrected chi connectivity index (χ2v) is 6.20. The summed E-state index contributed by atoms with van der Waals surface area (Å²) in [5, 5.41) is 9.82. The fraction of sp³-hybridized carbons (Fsp3) is 0.625. The van der Waals surface area contributed by atoms with E-state index in [2.05, 4.69) is 22.9 Å². The van der Waals surface area contributed by atoms with Gasteiger partial charge in [-0.2, -0.15) is 0 Å². The zero-order valence-corrected chi connectivity index (χ0v) is 13.0. The molecule has 1 heterocycles. The van der Waals surface area contributed by atoms with Crippen LogP contribution in [0.2, 0.25) is 5.02 Å². The van der Waals surface area contributed by atoms with E-state index in [0.717, 1.165) is 43.7 Å². The Hall–Kier alpha value is -0.610. The van der Waals surface area contributed by atoms with E-state index in [1.165, 1.54) is 18.4 Å². The van der Waals surface area contributed by atoms with E-state index in [1.54, 1.807) is 0 Å². The molecule has 1 aromatic carbocycles. The Labute approximate surface area is 127 Å². The summed E-state index contributed by atoms with van der Waals surface area (Å²) in [7, 11) is 2.17. The van der Waals surface area contributed by atoms with Gasteiger partial charge in [0.1, 0.15) is 0 Å². The molecule has 20 heavy (non-hydrogen) atoms. The highest BCUT2D eigenvalue weighted by Gasteiger charge is 2.20. The van der Waals surface area contributed by atoms with Crippen molar-refractivity contribution >= 4 is 11.6 Å². The molecule has 112 valence electrons. The number of halogens is 1. The normalized spacial score (nSPS) is 17.8. The molecule has 2 rings (SSSR count). The third-order valence-electron chi connectivity index (χ3n) is 4.09. The van der Waals surface area contributed by atoms with Crippen LogP contribution in [0.5, 0.6) is 0 Å². The van der Waals surface area contributed by atoms with Crippen molar-refractivity contribution in [3.8, 4) is 0 Å². The first-order valence-corrected chi connectivity index (χ1v) is 7.82. The fourth-order valence-electron chi connectivity index (χ4n) is 2.96. The fourth-order valence-corrected chi connectivity index (χ4v) is 3.15. The third-order valence-corrected chi connectivity index (χ3v) is 4.46. The van der Waals surface area contributed by atoms with Crippen molar-refractivity contribution in [2.24, 2.45) is 5.92 Å². The molecule has 0 aliphatic carbocycles. The maximum Gasteiger partial charge on any atom is 0.0558 e. The number of aliphatic hydroxyl groups is 1. The summed E-state index contributed by atoms with van der Waals surface area (Å²) in [5.74, 6) is 0.762. The Morgan fingerprint density at radius 3 is 2.65 bits per heavy atom. The molecule has 3 nitrogen and oxygen atoms in total. The number of aliphatic hydroxyl groups excluding tert-OH is 1. The second-order valence-electron chi connectivity index (χ2n) is 5.80. The maximum absolute atomic E-state index is 8.96. The van der Waals surface area contributed by atoms with Gasteiger partial charge >= 0.3 is 0 Å². The van der Waals surface area contributed by atoms with E-state index >= 15 is 0 Å². The van der Waals surface area contributed by atoms with Crippen LogP contribution in [0.4, 0.5) is 0 Å². The smallest absolute Gasteiger partial charge is 0.0558 e. The lowest BCUT2D eigenvalue weighted by Gasteiger charge is -2.33. The molecule has 0 aromatic heterocycles. The molecule has 0 radical (unpaired) electrons. The number of hydrogen-bond acceptors (Lipinski definition) is 3. The molecule has 0 unspecified atom stereocenters. The quantitative estimate of drug-likeness (QED) is 0.874. The molecule has 1 aliphatic heterocycles. The standard InChI is InChI=1S/C16H25ClN2O/c1-18(13-15-4-2-3-5-16(15)17)12-14-6-8-19(9-7-14)10-11-20/h2-5,14,20H,6-13H2,1H3. The van der Waals surface area contributed by atoms with Crippen LogP contribution in [0.25, 0.3) is 0 Å². The SMILES string of the molecule is CN(Cc1ccccc1Cl)CC1CCN(CCO)CC1. The molecule has 0 saturated carbocycles. The van der Waals surface area contributed by atoms with Gasteiger partial charge in [0.05, 0.1) is 6.61 Å². The molecule has 0 bridgehead atoms. The minimum atomic E-state index is 0.275. The van der Waals surface area contributed by atoms with E-state index in [4.69, 9.17) is 16.7 Å². The van der Waals surface area contributed by atoms with Crippen LogP contribution in [0.15, 0.2) is 24.3 Å². The molecular formula is C16H25ClN2O. The van der Waals surface area contributed by atoms with Crippen LogP contribution in [0.1, 0.15) is 18.4 Å². The Kier molecular flexibility index (Phi) is 6.30. The predicted octanol–water partition coefficient (Wildman–Crippen LogP) is 2.48. The summed E-state index contributed by atoms with van der Waals surface area (Å²) in [6.07, 6.45) is 2.46. The number of rotatable bonds is 6. The molecule has 1 aliphatic rings. The lowest BCUT2D eigenvalue weighted by atomic mass is 9.96. The Balaban J connectivity index is 1.75. The number of β-amino-alcohol motifs (C(OH)–C–C–N with tert-alkyl or cyclic N) is 1. The number of likely N-dealkylation sites (tertiary alicyclic amines) is 1. The zero-order chi connectivity index (χ0) is 14.4. The molecule has 1 aromatic rings. The van der Waals surface area contributed by atoms with Crippen LogP contribution in [-0.4, -0.2) is 54.7 Å². The van der Waals surface area contributed by atoms with Crippen molar-refractivity contribution in [2.75, 3.05) is 39.8 Å². The Bertz CT molecular complexity index is 405. The summed E-state index contributed by atoms with van der Waals surface area (Å²) >= 11 is 6.21. The number of piperidine rings is 1. The highest BCUT2D eigenvalue weighted by atomic mass is 35.5. The lowest BCUT2D eigenvalue weighted by molar-refractivity contribution is 0.129. The maximum atomic E-state index is 8.96. The van der Waals surface area contributed by atoms with E-state index in [9.17, 15) is 0 Å². The highest BCUT2D eigenvalue weighted by molar-refractivity contribution is 6.31. The first-order chi connectivity index (χ1) is 9.69. The average Bonchev–Trinajstić information content (AvgIpc) is 2.44. The van der Waals surface area contributed by atoms with Gasteiger partial charge in [-0.3, -0.25) is 0 Å². The van der Waals surface area contributed by atoms with Gasteiger partial charge in [-0.25, -0.2) is 0 Å². The number of benzene rings is 1. The van der Waals surface area contributed by atoms with E-state index in [0.29, 0.717) is 0 Å². The predicted molar refractivity (Wildman–Crippen MR) is 84.0 cm³/mol. The van der Waals surface area contributed by atoms with Crippen LogP contribution < -0.4 is 0 Å². The summed E-state index contributed by atoms with van der Waals surface area (Å²) < 4.78 is 0. The van der Waals surface area contributed by atoms with Crippen molar-refractivity contribution < 1.29 is 5.11 Å². The zero-order valence-electron chi connectivity index (χ0n) is 12.3. The molecular weight excluding hydrogens is 272 g/mol. The van der Waals surface area contributed by atoms with Crippen molar-refractivity contribution in [3.63, 3.8) is 0 Å². The Morgan fingerprint density at radius 1 is 1.30 bits per heavy atom. The van der Waals surface area contributed by atoms with Gasteiger partial charge in [-0.05, 0) is 50.5 Å². The summed E-state index contributed by atoms with van der Waals surface area (Å²) in [4.78, 5) is 4.72.